The molecule has 2 atom stereocenters. The molecule has 2 aromatic rings. The van der Waals surface area contributed by atoms with Crippen LogP contribution in [0.1, 0.15) is 65.8 Å². The van der Waals surface area contributed by atoms with Gasteiger partial charge in [0, 0.05) is 11.2 Å². The molecule has 266 valence electrons. The molecule has 1 aromatic carbocycles. The molecule has 49 heavy (non-hydrogen) atoms. The first-order valence-corrected chi connectivity index (χ1v) is 16.8. The Kier molecular flexibility index (Phi) is 10.0. The topological polar surface area (TPSA) is 179 Å². The average Bonchev–Trinajstić information content (AvgIpc) is 3.34. The summed E-state index contributed by atoms with van der Waals surface area (Å²) in [6.45, 7) is 9.79. The van der Waals surface area contributed by atoms with Crippen LogP contribution >= 0.6 is 11.6 Å². The number of aromatic nitrogens is 2. The fourth-order valence-electron chi connectivity index (χ4n) is 4.67. The molecule has 0 radical (unpaired) electrons. The highest BCUT2D eigenvalue weighted by atomic mass is 35.5. The van der Waals surface area contributed by atoms with Crippen molar-refractivity contribution < 1.29 is 49.9 Å². The molecular weight excluding hydrogens is 695 g/mol. The Bertz CT molecular complexity index is 1860. The van der Waals surface area contributed by atoms with Crippen molar-refractivity contribution in [2.24, 2.45) is 0 Å². The lowest BCUT2D eigenvalue weighted by molar-refractivity contribution is -0.200. The predicted octanol–water partition coefficient (Wildman–Crippen LogP) is 5.24. The van der Waals surface area contributed by atoms with Crippen LogP contribution in [0.3, 0.4) is 0 Å². The molecule has 3 N–H and O–H groups in total. The number of carbonyl (C=O) groups excluding carboxylic acids is 3. The van der Waals surface area contributed by atoms with E-state index in [1.54, 1.807) is 50.4 Å². The number of hydrogen-bond acceptors (Lipinski definition) is 11. The number of Topliss-reactive ketones (excluding diaryl/α,β-unsaturated/α-hetero) is 1. The van der Waals surface area contributed by atoms with E-state index in [9.17, 15) is 36.0 Å². The minimum Gasteiger partial charge on any atom is -0.444 e. The highest BCUT2D eigenvalue weighted by Crippen LogP contribution is 2.40. The molecule has 18 heteroatoms. The Morgan fingerprint density at radius 3 is 2.16 bits per heavy atom. The van der Waals surface area contributed by atoms with Crippen molar-refractivity contribution in [1.29, 1.82) is 0 Å². The van der Waals surface area contributed by atoms with Crippen molar-refractivity contribution in [3.8, 4) is 0 Å². The van der Waals surface area contributed by atoms with Crippen molar-refractivity contribution in [3.05, 3.63) is 75.1 Å². The van der Waals surface area contributed by atoms with Crippen molar-refractivity contribution in [2.75, 3.05) is 5.75 Å². The van der Waals surface area contributed by atoms with E-state index in [2.05, 4.69) is 20.8 Å². The summed E-state index contributed by atoms with van der Waals surface area (Å²) in [6.07, 6.45) is -5.24. The highest BCUT2D eigenvalue weighted by Gasteiger charge is 2.58. The SMILES string of the molecule is CC(C)(C)OC(=O)N[C@H]1CS(=O)(=O)C2=C(C1=O)C(Cc1ccc(Cl)cc1)=CC(c1nnc(C(C)(NC(=O)OC(C)(C)C)C(F)(F)F)o1)=CN2. The number of nitrogens with one attached hydrogen (secondary N) is 3. The number of benzene rings is 1. The fourth-order valence-corrected chi connectivity index (χ4v) is 6.42. The van der Waals surface area contributed by atoms with Crippen LogP contribution in [0.4, 0.5) is 22.8 Å². The first-order valence-electron chi connectivity index (χ1n) is 14.7. The molecule has 0 bridgehead atoms. The zero-order valence-electron chi connectivity index (χ0n) is 27.5. The Hall–Kier alpha value is -4.38. The maximum atomic E-state index is 14.4. The van der Waals surface area contributed by atoms with Gasteiger partial charge < -0.3 is 24.5 Å². The third-order valence-corrected chi connectivity index (χ3v) is 8.88. The minimum atomic E-state index is -5.14. The van der Waals surface area contributed by atoms with E-state index in [-0.39, 0.29) is 23.1 Å². The summed E-state index contributed by atoms with van der Waals surface area (Å²) in [4.78, 5) is 38.8. The van der Waals surface area contributed by atoms with E-state index < -0.39 is 79.3 Å². The Balaban J connectivity index is 1.79. The molecular formula is C31H35ClF3N5O8S. The molecule has 13 nitrogen and oxygen atoms in total. The van der Waals surface area contributed by atoms with Gasteiger partial charge in [0.05, 0.1) is 16.9 Å². The maximum absolute atomic E-state index is 14.4. The summed E-state index contributed by atoms with van der Waals surface area (Å²) in [5.74, 6) is -3.14. The molecule has 2 aliphatic heterocycles. The summed E-state index contributed by atoms with van der Waals surface area (Å²) >= 11 is 6.03. The second kappa shape index (κ2) is 13.2. The van der Waals surface area contributed by atoms with Crippen molar-refractivity contribution in [1.82, 2.24) is 26.1 Å². The average molecular weight is 730 g/mol. The summed E-state index contributed by atoms with van der Waals surface area (Å²) in [7, 11) is -4.29. The van der Waals surface area contributed by atoms with Crippen molar-refractivity contribution >= 4 is 45.0 Å². The molecule has 1 aromatic heterocycles. The van der Waals surface area contributed by atoms with Crippen LogP contribution in [0.25, 0.3) is 5.57 Å². The van der Waals surface area contributed by atoms with Crippen molar-refractivity contribution in [3.63, 3.8) is 0 Å². The van der Waals surface area contributed by atoms with E-state index in [1.165, 1.54) is 26.8 Å². The standard InChI is InChI=1S/C31H35ClF3N5O8S/c1-28(2,3)47-26(42)37-20-15-49(44,45)24-21(22(20)41)17(12-16-8-10-19(32)11-9-16)13-18(14-36-24)23-39-40-25(46-23)30(7,31(33,34)35)38-27(43)48-29(4,5)6/h8-11,13-14,20,36H,12,15H2,1-7H3,(H,37,42)(H,38,43)/t20-,30?/m0/s1. The zero-order valence-corrected chi connectivity index (χ0v) is 29.1. The number of amides is 2. The van der Waals surface area contributed by atoms with Gasteiger partial charge in [0.25, 0.3) is 5.89 Å². The third-order valence-electron chi connectivity index (χ3n) is 6.91. The van der Waals surface area contributed by atoms with E-state index in [0.717, 1.165) is 6.20 Å². The number of sulfone groups is 1. The van der Waals surface area contributed by atoms with Gasteiger partial charge in [-0.25, -0.2) is 18.0 Å². The van der Waals surface area contributed by atoms with E-state index in [0.29, 0.717) is 17.5 Å². The van der Waals surface area contributed by atoms with Gasteiger partial charge >= 0.3 is 18.4 Å². The number of rotatable bonds is 6. The minimum absolute atomic E-state index is 0.0725. The number of hydrogen-bond donors (Lipinski definition) is 3. The first-order chi connectivity index (χ1) is 22.4. The number of alkyl halides is 3. The van der Waals surface area contributed by atoms with Gasteiger partial charge in [-0.05, 0) is 84.2 Å². The molecule has 0 spiro atoms. The summed E-state index contributed by atoms with van der Waals surface area (Å²) in [6, 6.07) is 4.88. The zero-order chi connectivity index (χ0) is 36.7. The molecule has 3 heterocycles. The number of alkyl carbamates (subject to hydrolysis) is 2. The smallest absolute Gasteiger partial charge is 0.420 e. The van der Waals surface area contributed by atoms with Crippen LogP contribution in [0, 0.1) is 0 Å². The number of ketones is 1. The number of ether oxygens (including phenoxy) is 2. The quantitative estimate of drug-likeness (QED) is 0.354. The second-order valence-corrected chi connectivity index (χ2v) is 15.8. The van der Waals surface area contributed by atoms with Crippen LogP contribution in [0.2, 0.25) is 5.02 Å². The number of allylic oxidation sites excluding steroid dienone is 3. The van der Waals surface area contributed by atoms with Crippen LogP contribution in [-0.2, 0) is 36.1 Å². The lowest BCUT2D eigenvalue weighted by Gasteiger charge is -2.30. The molecule has 0 fully saturated rings. The Labute approximate surface area is 285 Å². The van der Waals surface area contributed by atoms with Crippen molar-refractivity contribution in [2.45, 2.75) is 83.8 Å². The Morgan fingerprint density at radius 1 is 1.00 bits per heavy atom. The monoisotopic (exact) mass is 729 g/mol. The summed E-state index contributed by atoms with van der Waals surface area (Å²) in [5.41, 5.74) is -5.01. The number of carbonyl (C=O) groups is 3. The third kappa shape index (κ3) is 8.81. The molecule has 4 rings (SSSR count). The first kappa shape index (κ1) is 37.4. The van der Waals surface area contributed by atoms with E-state index in [1.807, 2.05) is 0 Å². The molecule has 2 aliphatic rings. The van der Waals surface area contributed by atoms with Crippen LogP contribution in [0.15, 0.2) is 57.1 Å². The van der Waals surface area contributed by atoms with E-state index >= 15 is 0 Å². The van der Waals surface area contributed by atoms with Gasteiger partial charge in [0.2, 0.25) is 11.4 Å². The van der Waals surface area contributed by atoms with E-state index in [4.69, 9.17) is 25.5 Å². The predicted molar refractivity (Wildman–Crippen MR) is 170 cm³/mol. The number of nitrogens with zero attached hydrogens (tertiary/aromatic N) is 2. The summed E-state index contributed by atoms with van der Waals surface area (Å²) < 4.78 is 85.9. The van der Waals surface area contributed by atoms with Gasteiger partial charge in [-0.2, -0.15) is 13.2 Å². The molecule has 2 amide bonds. The second-order valence-electron chi connectivity index (χ2n) is 13.4. The van der Waals surface area contributed by atoms with Crippen LogP contribution in [-0.4, -0.2) is 65.8 Å². The lowest BCUT2D eigenvalue weighted by atomic mass is 9.91. The maximum Gasteiger partial charge on any atom is 0.420 e. The Morgan fingerprint density at radius 2 is 1.59 bits per heavy atom. The van der Waals surface area contributed by atoms with Gasteiger partial charge in [0.1, 0.15) is 22.3 Å². The van der Waals surface area contributed by atoms with Gasteiger partial charge in [-0.15, -0.1) is 10.2 Å². The fraction of sp³-hybridized carbons (Fsp3) is 0.452. The van der Waals surface area contributed by atoms with Crippen LogP contribution < -0.4 is 16.0 Å². The van der Waals surface area contributed by atoms with Gasteiger partial charge in [-0.3, -0.25) is 10.1 Å². The molecule has 0 aliphatic carbocycles. The largest absolute Gasteiger partial charge is 0.444 e. The lowest BCUT2D eigenvalue weighted by Crippen LogP contribution is -2.55. The molecule has 0 saturated heterocycles. The summed E-state index contributed by atoms with van der Waals surface area (Å²) in [5, 5.41) is 13.9. The van der Waals surface area contributed by atoms with Gasteiger partial charge in [0.15, 0.2) is 15.6 Å². The molecule has 0 saturated carbocycles. The normalized spacial score (nSPS) is 19.3. The van der Waals surface area contributed by atoms with Crippen LogP contribution in [0.5, 0.6) is 0 Å². The molecule has 1 unspecified atom stereocenters. The number of halogens is 4. The van der Waals surface area contributed by atoms with Gasteiger partial charge in [-0.1, -0.05) is 23.7 Å². The highest BCUT2D eigenvalue weighted by molar-refractivity contribution is 7.95.